The number of hydrogen-bond acceptors (Lipinski definition) is 7. The van der Waals surface area contributed by atoms with Crippen LogP contribution in [0.5, 0.6) is 11.5 Å². The Morgan fingerprint density at radius 2 is 1.91 bits per heavy atom. The minimum absolute atomic E-state index is 0.121. The first kappa shape index (κ1) is 23.4. The van der Waals surface area contributed by atoms with E-state index in [1.165, 1.54) is 13.2 Å². The lowest BCUT2D eigenvalue weighted by Crippen LogP contribution is -2.33. The Hall–Kier alpha value is -3.72. The van der Waals surface area contributed by atoms with Gasteiger partial charge in [0.2, 0.25) is 0 Å². The average Bonchev–Trinajstić information content (AvgIpc) is 3.27. The van der Waals surface area contributed by atoms with Gasteiger partial charge in [-0.15, -0.1) is 0 Å². The van der Waals surface area contributed by atoms with Gasteiger partial charge in [-0.2, -0.15) is 5.10 Å². The van der Waals surface area contributed by atoms with Gasteiger partial charge in [0.05, 0.1) is 49.0 Å². The second kappa shape index (κ2) is 10.0. The third-order valence-corrected chi connectivity index (χ3v) is 5.47. The van der Waals surface area contributed by atoms with Crippen molar-refractivity contribution in [2.45, 2.75) is 19.9 Å². The van der Waals surface area contributed by atoms with Gasteiger partial charge in [0.1, 0.15) is 5.75 Å². The van der Waals surface area contributed by atoms with Crippen LogP contribution in [-0.2, 0) is 7.05 Å². The third-order valence-electron chi connectivity index (χ3n) is 5.47. The highest BCUT2D eigenvalue weighted by atomic mass is 19.1. The smallest absolute Gasteiger partial charge is 0.188 e. The molecule has 1 N–H and O–H groups in total. The molecule has 2 aromatic heterocycles. The zero-order valence-corrected chi connectivity index (χ0v) is 20.0. The molecular weight excluding hydrogens is 435 g/mol. The number of hydrogen-bond donors (Lipinski definition) is 1. The highest BCUT2D eigenvalue weighted by Crippen LogP contribution is 2.37. The summed E-state index contributed by atoms with van der Waals surface area (Å²) in [5.74, 6) is 0.174. The maximum Gasteiger partial charge on any atom is 0.188 e. The SMILES string of the molecule is COc1cc(OC)c(F)c(N(CCNC(C)C)c2ccc3ncc(-c4cnn(C)c4)nc3c2)c1. The van der Waals surface area contributed by atoms with Gasteiger partial charge in [-0.25, -0.2) is 9.37 Å². The van der Waals surface area contributed by atoms with E-state index in [0.717, 1.165) is 22.5 Å². The molecule has 4 rings (SSSR count). The number of anilines is 2. The van der Waals surface area contributed by atoms with Crippen molar-refractivity contribution in [3.8, 4) is 22.8 Å². The normalized spacial score (nSPS) is 11.3. The van der Waals surface area contributed by atoms with E-state index < -0.39 is 5.82 Å². The Morgan fingerprint density at radius 1 is 1.09 bits per heavy atom. The molecule has 0 spiro atoms. The van der Waals surface area contributed by atoms with Gasteiger partial charge in [-0.3, -0.25) is 9.67 Å². The lowest BCUT2D eigenvalue weighted by Gasteiger charge is -2.27. The molecule has 9 heteroatoms. The van der Waals surface area contributed by atoms with Crippen LogP contribution >= 0.6 is 0 Å². The van der Waals surface area contributed by atoms with E-state index in [-0.39, 0.29) is 5.75 Å². The quantitative estimate of drug-likeness (QED) is 0.395. The van der Waals surface area contributed by atoms with Crippen LogP contribution in [0.4, 0.5) is 15.8 Å². The molecule has 34 heavy (non-hydrogen) atoms. The highest BCUT2D eigenvalue weighted by molar-refractivity contribution is 5.82. The molecule has 0 radical (unpaired) electrons. The predicted octanol–water partition coefficient (Wildman–Crippen LogP) is 4.32. The maximum atomic E-state index is 15.4. The number of nitrogens with zero attached hydrogens (tertiary/aromatic N) is 5. The van der Waals surface area contributed by atoms with Crippen molar-refractivity contribution in [1.82, 2.24) is 25.1 Å². The van der Waals surface area contributed by atoms with Crippen LogP contribution < -0.4 is 19.7 Å². The standard InChI is InChI=1S/C25H29FN6O2/c1-16(2)27-8-9-32(23-11-19(33-4)12-24(34-5)25(23)26)18-6-7-20-21(10-18)30-22(14-28-20)17-13-29-31(3)15-17/h6-7,10-16,27H,8-9H2,1-5H3. The van der Waals surface area contributed by atoms with Crippen LogP contribution in [0.1, 0.15) is 13.8 Å². The summed E-state index contributed by atoms with van der Waals surface area (Å²) in [6.07, 6.45) is 5.37. The van der Waals surface area contributed by atoms with Gasteiger partial charge in [-0.1, -0.05) is 13.8 Å². The molecule has 0 unspecified atom stereocenters. The zero-order valence-electron chi connectivity index (χ0n) is 20.0. The molecule has 0 aliphatic heterocycles. The van der Waals surface area contributed by atoms with E-state index in [1.807, 2.05) is 36.3 Å². The molecule has 0 atom stereocenters. The Balaban J connectivity index is 1.80. The van der Waals surface area contributed by atoms with Crippen LogP contribution in [0.3, 0.4) is 0 Å². The van der Waals surface area contributed by atoms with Crippen molar-refractivity contribution in [3.05, 3.63) is 54.7 Å². The first-order valence-corrected chi connectivity index (χ1v) is 11.1. The molecule has 0 amide bonds. The minimum atomic E-state index is -0.455. The lowest BCUT2D eigenvalue weighted by molar-refractivity contribution is 0.374. The van der Waals surface area contributed by atoms with Crippen molar-refractivity contribution in [3.63, 3.8) is 0 Å². The summed E-state index contributed by atoms with van der Waals surface area (Å²) in [6, 6.07) is 9.24. The van der Waals surface area contributed by atoms with Gasteiger partial charge < -0.3 is 19.7 Å². The van der Waals surface area contributed by atoms with Crippen molar-refractivity contribution in [1.29, 1.82) is 0 Å². The van der Waals surface area contributed by atoms with Crippen LogP contribution in [0.15, 0.2) is 48.9 Å². The number of methoxy groups -OCH3 is 2. The molecule has 8 nitrogen and oxygen atoms in total. The van der Waals surface area contributed by atoms with Gasteiger partial charge in [0.25, 0.3) is 0 Å². The van der Waals surface area contributed by atoms with Crippen molar-refractivity contribution >= 4 is 22.4 Å². The molecule has 2 aromatic carbocycles. The van der Waals surface area contributed by atoms with Gasteiger partial charge >= 0.3 is 0 Å². The molecule has 0 aliphatic carbocycles. The number of benzene rings is 2. The first-order valence-electron chi connectivity index (χ1n) is 11.1. The highest BCUT2D eigenvalue weighted by Gasteiger charge is 2.20. The Morgan fingerprint density at radius 3 is 2.59 bits per heavy atom. The van der Waals surface area contributed by atoms with Crippen LogP contribution in [0, 0.1) is 5.82 Å². The van der Waals surface area contributed by atoms with E-state index in [4.69, 9.17) is 14.5 Å². The summed E-state index contributed by atoms with van der Waals surface area (Å²) in [7, 11) is 4.85. The van der Waals surface area contributed by atoms with E-state index in [2.05, 4.69) is 29.2 Å². The number of aryl methyl sites for hydroxylation is 1. The minimum Gasteiger partial charge on any atom is -0.497 e. The fourth-order valence-electron chi connectivity index (χ4n) is 3.74. The topological polar surface area (TPSA) is 77.3 Å². The summed E-state index contributed by atoms with van der Waals surface area (Å²) in [6.45, 7) is 5.32. The summed E-state index contributed by atoms with van der Waals surface area (Å²) >= 11 is 0. The van der Waals surface area contributed by atoms with Gasteiger partial charge in [-0.05, 0) is 18.2 Å². The summed E-state index contributed by atoms with van der Waals surface area (Å²) in [5.41, 5.74) is 4.20. The van der Waals surface area contributed by atoms with Crippen molar-refractivity contribution in [2.75, 3.05) is 32.2 Å². The van der Waals surface area contributed by atoms with E-state index in [9.17, 15) is 0 Å². The Bertz CT molecular complexity index is 1290. The second-order valence-corrected chi connectivity index (χ2v) is 8.25. The number of rotatable bonds is 9. The van der Waals surface area contributed by atoms with E-state index in [1.54, 1.807) is 30.3 Å². The van der Waals surface area contributed by atoms with Crippen molar-refractivity contribution in [2.24, 2.45) is 7.05 Å². The monoisotopic (exact) mass is 464 g/mol. The summed E-state index contributed by atoms with van der Waals surface area (Å²) in [5, 5.41) is 7.62. The number of fused-ring (bicyclic) bond motifs is 1. The zero-order chi connectivity index (χ0) is 24.2. The van der Waals surface area contributed by atoms with Crippen LogP contribution in [0.25, 0.3) is 22.3 Å². The Labute approximate surface area is 198 Å². The largest absolute Gasteiger partial charge is 0.497 e. The average molecular weight is 465 g/mol. The van der Waals surface area contributed by atoms with Crippen LogP contribution in [0.2, 0.25) is 0 Å². The summed E-state index contributed by atoms with van der Waals surface area (Å²) < 4.78 is 27.8. The van der Waals surface area contributed by atoms with Gasteiger partial charge in [0, 0.05) is 55.8 Å². The van der Waals surface area contributed by atoms with Gasteiger partial charge in [0.15, 0.2) is 11.6 Å². The maximum absolute atomic E-state index is 15.4. The first-order chi connectivity index (χ1) is 16.4. The Kier molecular flexibility index (Phi) is 6.93. The number of aromatic nitrogens is 4. The van der Waals surface area contributed by atoms with Crippen molar-refractivity contribution < 1.29 is 13.9 Å². The molecule has 2 heterocycles. The van der Waals surface area contributed by atoms with E-state index >= 15 is 4.39 Å². The molecule has 0 bridgehead atoms. The second-order valence-electron chi connectivity index (χ2n) is 8.25. The van der Waals surface area contributed by atoms with Crippen LogP contribution in [-0.4, -0.2) is 53.1 Å². The molecule has 0 aliphatic rings. The summed E-state index contributed by atoms with van der Waals surface area (Å²) in [4.78, 5) is 11.2. The number of nitrogens with one attached hydrogen (secondary N) is 1. The predicted molar refractivity (Wildman–Crippen MR) is 131 cm³/mol. The molecule has 0 saturated heterocycles. The molecule has 0 fully saturated rings. The molecule has 178 valence electrons. The fraction of sp³-hybridized carbons (Fsp3) is 0.320. The molecule has 0 saturated carbocycles. The lowest BCUT2D eigenvalue weighted by atomic mass is 10.1. The molecular formula is C25H29FN6O2. The molecule has 4 aromatic rings. The van der Waals surface area contributed by atoms with E-state index in [0.29, 0.717) is 36.1 Å². The number of halogens is 1. The number of ether oxygens (including phenoxy) is 2. The fourth-order valence-corrected chi connectivity index (χ4v) is 3.74. The third kappa shape index (κ3) is 4.94.